The number of ether oxygens (including phenoxy) is 1. The summed E-state index contributed by atoms with van der Waals surface area (Å²) in [6.45, 7) is 1.38. The van der Waals surface area contributed by atoms with Gasteiger partial charge in [-0.3, -0.25) is 4.79 Å². The van der Waals surface area contributed by atoms with Crippen molar-refractivity contribution in [2.45, 2.75) is 6.92 Å². The molecular formula is C5H9O4P. The van der Waals surface area contributed by atoms with Crippen LogP contribution in [0.3, 0.4) is 0 Å². The smallest absolute Gasteiger partial charge is 0.302 e. The summed E-state index contributed by atoms with van der Waals surface area (Å²) in [4.78, 5) is 26.7. The molecular weight excluding hydrogens is 155 g/mol. The third kappa shape index (κ3) is 7.56. The Bertz CT molecular complexity index is 132. The van der Waals surface area contributed by atoms with Crippen LogP contribution in [0.4, 0.5) is 0 Å². The molecule has 0 atom stereocenters. The van der Waals surface area contributed by atoms with E-state index >= 15 is 0 Å². The predicted octanol–water partition coefficient (Wildman–Crippen LogP) is 0.360. The molecule has 2 N–H and O–H groups in total. The summed E-state index contributed by atoms with van der Waals surface area (Å²) in [5.41, 5.74) is 0. The Labute approximate surface area is 60.0 Å². The minimum atomic E-state index is -2.00. The second-order valence-corrected chi connectivity index (χ2v) is 2.45. The van der Waals surface area contributed by atoms with Crippen molar-refractivity contribution in [3.05, 3.63) is 11.9 Å². The van der Waals surface area contributed by atoms with Gasteiger partial charge in [0, 0.05) is 6.92 Å². The molecule has 0 aromatic rings. The van der Waals surface area contributed by atoms with E-state index in [0.29, 0.717) is 0 Å². The Morgan fingerprint density at radius 3 is 2.70 bits per heavy atom. The molecule has 5 heteroatoms. The molecule has 0 radical (unpaired) electrons. The zero-order valence-corrected chi connectivity index (χ0v) is 6.41. The van der Waals surface area contributed by atoms with Crippen LogP contribution in [0.2, 0.25) is 0 Å². The van der Waals surface area contributed by atoms with Crippen LogP contribution in [0.25, 0.3) is 0 Å². The molecule has 0 fully saturated rings. The SMILES string of the molecule is CC(=O)OC/C=C/P(O)O. The van der Waals surface area contributed by atoms with Crippen molar-refractivity contribution in [3.63, 3.8) is 0 Å². The Hall–Kier alpha value is -0.440. The van der Waals surface area contributed by atoms with E-state index < -0.39 is 8.38 Å². The first kappa shape index (κ1) is 9.56. The Kier molecular flexibility index (Phi) is 5.12. The van der Waals surface area contributed by atoms with E-state index in [0.717, 1.165) is 0 Å². The quantitative estimate of drug-likeness (QED) is 0.466. The highest BCUT2D eigenvalue weighted by molar-refractivity contribution is 7.48. The molecule has 0 rings (SSSR count). The van der Waals surface area contributed by atoms with Crippen LogP contribution in [0.15, 0.2) is 11.9 Å². The van der Waals surface area contributed by atoms with E-state index in [1.54, 1.807) is 0 Å². The summed E-state index contributed by atoms with van der Waals surface area (Å²) >= 11 is 0. The fourth-order valence-corrected chi connectivity index (χ4v) is 0.577. The predicted molar refractivity (Wildman–Crippen MR) is 37.1 cm³/mol. The summed E-state index contributed by atoms with van der Waals surface area (Å²) in [7, 11) is -2.00. The summed E-state index contributed by atoms with van der Waals surface area (Å²) in [5.74, 6) is 0.794. The standard InChI is InChI=1S/C5H9O4P/c1-5(6)9-3-2-4-10(7)8/h2,4,7-8H,3H2,1H3/b4-2+. The maximum Gasteiger partial charge on any atom is 0.302 e. The highest BCUT2D eigenvalue weighted by Crippen LogP contribution is 2.23. The number of hydrogen-bond acceptors (Lipinski definition) is 4. The molecule has 58 valence electrons. The number of hydrogen-bond donors (Lipinski definition) is 2. The number of carbonyl (C=O) groups is 1. The van der Waals surface area contributed by atoms with Crippen molar-refractivity contribution in [2.24, 2.45) is 0 Å². The monoisotopic (exact) mass is 164 g/mol. The highest BCUT2D eigenvalue weighted by Gasteiger charge is 1.89. The van der Waals surface area contributed by atoms with Gasteiger partial charge in [0.15, 0.2) is 8.38 Å². The van der Waals surface area contributed by atoms with Crippen LogP contribution in [-0.2, 0) is 9.53 Å². The topological polar surface area (TPSA) is 66.8 Å². The van der Waals surface area contributed by atoms with Gasteiger partial charge in [-0.1, -0.05) is 0 Å². The maximum absolute atomic E-state index is 10.1. The van der Waals surface area contributed by atoms with Gasteiger partial charge < -0.3 is 14.5 Å². The molecule has 0 unspecified atom stereocenters. The lowest BCUT2D eigenvalue weighted by Crippen LogP contribution is -1.96. The van der Waals surface area contributed by atoms with E-state index in [1.165, 1.54) is 18.8 Å². The van der Waals surface area contributed by atoms with Crippen molar-refractivity contribution < 1.29 is 19.3 Å². The van der Waals surface area contributed by atoms with Crippen molar-refractivity contribution >= 4 is 14.3 Å². The lowest BCUT2D eigenvalue weighted by Gasteiger charge is -1.94. The second kappa shape index (κ2) is 5.35. The van der Waals surface area contributed by atoms with Crippen LogP contribution >= 0.6 is 8.38 Å². The minimum Gasteiger partial charge on any atom is -0.462 e. The lowest BCUT2D eigenvalue weighted by atomic mass is 10.7. The number of carbonyl (C=O) groups excluding carboxylic acids is 1. The Balaban J connectivity index is 3.27. The normalized spacial score (nSPS) is 10.8. The first-order valence-corrected chi connectivity index (χ1v) is 3.91. The van der Waals surface area contributed by atoms with Gasteiger partial charge in [0.1, 0.15) is 6.61 Å². The zero-order chi connectivity index (χ0) is 7.98. The van der Waals surface area contributed by atoms with Crippen LogP contribution in [-0.4, -0.2) is 22.4 Å². The number of rotatable bonds is 3. The summed E-state index contributed by atoms with van der Waals surface area (Å²) in [6.07, 6.45) is 1.38. The molecule has 0 aliphatic carbocycles. The zero-order valence-electron chi connectivity index (χ0n) is 5.52. The van der Waals surface area contributed by atoms with Crippen LogP contribution < -0.4 is 0 Å². The van der Waals surface area contributed by atoms with Crippen LogP contribution in [0.1, 0.15) is 6.92 Å². The Morgan fingerprint density at radius 2 is 2.30 bits per heavy atom. The maximum atomic E-state index is 10.1. The van der Waals surface area contributed by atoms with Crippen molar-refractivity contribution in [3.8, 4) is 0 Å². The van der Waals surface area contributed by atoms with Gasteiger partial charge in [0.05, 0.1) is 0 Å². The molecule has 0 spiro atoms. The van der Waals surface area contributed by atoms with Crippen molar-refractivity contribution in [2.75, 3.05) is 6.61 Å². The second-order valence-electron chi connectivity index (χ2n) is 1.51. The highest BCUT2D eigenvalue weighted by atomic mass is 31.2. The molecule has 0 bridgehead atoms. The van der Waals surface area contributed by atoms with E-state index in [9.17, 15) is 4.79 Å². The third-order valence-electron chi connectivity index (χ3n) is 0.622. The van der Waals surface area contributed by atoms with Crippen LogP contribution in [0.5, 0.6) is 0 Å². The lowest BCUT2D eigenvalue weighted by molar-refractivity contribution is -0.139. The van der Waals surface area contributed by atoms with E-state index in [-0.39, 0.29) is 12.6 Å². The molecule has 4 nitrogen and oxygen atoms in total. The molecule has 0 heterocycles. The van der Waals surface area contributed by atoms with Gasteiger partial charge in [-0.25, -0.2) is 0 Å². The van der Waals surface area contributed by atoms with Crippen molar-refractivity contribution in [1.82, 2.24) is 0 Å². The first-order valence-electron chi connectivity index (χ1n) is 2.60. The molecule has 0 aromatic carbocycles. The van der Waals surface area contributed by atoms with Crippen molar-refractivity contribution in [1.29, 1.82) is 0 Å². The average molecular weight is 164 g/mol. The van der Waals surface area contributed by atoms with E-state index in [1.807, 2.05) is 0 Å². The minimum absolute atomic E-state index is 0.0925. The molecule has 0 aliphatic heterocycles. The fraction of sp³-hybridized carbons (Fsp3) is 0.400. The van der Waals surface area contributed by atoms with Gasteiger partial charge >= 0.3 is 5.97 Å². The van der Waals surface area contributed by atoms with Gasteiger partial charge in [0.25, 0.3) is 0 Å². The molecule has 0 saturated carbocycles. The Morgan fingerprint density at radius 1 is 1.70 bits per heavy atom. The molecule has 0 aliphatic rings. The molecule has 0 aromatic heterocycles. The van der Waals surface area contributed by atoms with Gasteiger partial charge in [-0.2, -0.15) is 0 Å². The summed E-state index contributed by atoms with van der Waals surface area (Å²) in [5, 5.41) is 0. The largest absolute Gasteiger partial charge is 0.462 e. The van der Waals surface area contributed by atoms with Gasteiger partial charge in [-0.15, -0.1) is 0 Å². The first-order chi connectivity index (χ1) is 4.63. The fourth-order valence-electron chi connectivity index (χ4n) is 0.303. The summed E-state index contributed by atoms with van der Waals surface area (Å²) in [6, 6.07) is 0. The molecule has 0 saturated heterocycles. The molecule has 0 amide bonds. The summed E-state index contributed by atoms with van der Waals surface area (Å²) < 4.78 is 4.45. The number of esters is 1. The van der Waals surface area contributed by atoms with Crippen LogP contribution in [0, 0.1) is 0 Å². The van der Waals surface area contributed by atoms with Gasteiger partial charge in [-0.05, 0) is 11.9 Å². The van der Waals surface area contributed by atoms with E-state index in [2.05, 4.69) is 4.74 Å². The molecule has 10 heavy (non-hydrogen) atoms. The average Bonchev–Trinajstić information content (AvgIpc) is 1.79. The third-order valence-corrected chi connectivity index (χ3v) is 1.10. The van der Waals surface area contributed by atoms with Gasteiger partial charge in [0.2, 0.25) is 0 Å². The van der Waals surface area contributed by atoms with E-state index in [4.69, 9.17) is 9.79 Å².